The average molecular weight is 436 g/mol. The maximum absolute atomic E-state index is 12.7. The Balaban J connectivity index is 2.42. The molecule has 1 aliphatic rings. The first-order valence-corrected chi connectivity index (χ1v) is 10.9. The Morgan fingerprint density at radius 3 is 2.34 bits per heavy atom. The van der Waals surface area contributed by atoms with Gasteiger partial charge in [-0.2, -0.15) is 0 Å². The molecule has 4 unspecified atom stereocenters. The van der Waals surface area contributed by atoms with Crippen molar-refractivity contribution >= 4 is 7.60 Å². The standard InChI is InChI=1S/C17H29N2O9P/c1-6-16(3,28-29(25,26)17(4,24)7-2)13-11(21)10(20)12(27-13)9-8-18-15(23)19(5)14(9)22/h8,10-13,20-21,24H,6-7H2,1-5H3,(H,18,23)(H,25,26)/t10-,11+,12+,13?,16?,17?/m1/s1. The molecule has 7 atom stereocenters. The molecular weight excluding hydrogens is 407 g/mol. The summed E-state index contributed by atoms with van der Waals surface area (Å²) in [6.45, 7) is 5.71. The van der Waals surface area contributed by atoms with E-state index in [4.69, 9.17) is 9.26 Å². The van der Waals surface area contributed by atoms with E-state index in [1.807, 2.05) is 0 Å². The van der Waals surface area contributed by atoms with Crippen LogP contribution in [0, 0.1) is 0 Å². The summed E-state index contributed by atoms with van der Waals surface area (Å²) >= 11 is 0. The fraction of sp³-hybridized carbons (Fsp3) is 0.765. The molecule has 0 radical (unpaired) electrons. The molecule has 1 aromatic rings. The summed E-state index contributed by atoms with van der Waals surface area (Å²) in [7, 11) is -3.33. The van der Waals surface area contributed by atoms with Gasteiger partial charge in [0.05, 0.1) is 5.56 Å². The van der Waals surface area contributed by atoms with Crippen molar-refractivity contribution in [2.24, 2.45) is 7.05 Å². The molecule has 11 nitrogen and oxygen atoms in total. The summed E-state index contributed by atoms with van der Waals surface area (Å²) in [6.07, 6.45) is -4.60. The summed E-state index contributed by atoms with van der Waals surface area (Å²) in [5, 5.41) is 29.2. The van der Waals surface area contributed by atoms with Gasteiger partial charge in [0, 0.05) is 13.2 Å². The van der Waals surface area contributed by atoms with Crippen LogP contribution in [0.15, 0.2) is 15.8 Å². The zero-order chi connectivity index (χ0) is 22.4. The Labute approximate surface area is 167 Å². The maximum Gasteiger partial charge on any atom is 0.359 e. The maximum atomic E-state index is 12.7. The lowest BCUT2D eigenvalue weighted by Gasteiger charge is -2.40. The molecule has 1 aromatic heterocycles. The smallest absolute Gasteiger partial charge is 0.359 e. The molecule has 2 rings (SSSR count). The highest BCUT2D eigenvalue weighted by Crippen LogP contribution is 2.59. The zero-order valence-corrected chi connectivity index (χ0v) is 17.9. The monoisotopic (exact) mass is 436 g/mol. The van der Waals surface area contributed by atoms with E-state index in [9.17, 15) is 34.4 Å². The van der Waals surface area contributed by atoms with E-state index in [2.05, 4.69) is 4.98 Å². The highest BCUT2D eigenvalue weighted by Gasteiger charge is 2.56. The minimum absolute atomic E-state index is 0.0622. The van der Waals surface area contributed by atoms with Gasteiger partial charge in [0.1, 0.15) is 30.0 Å². The van der Waals surface area contributed by atoms with Crippen LogP contribution >= 0.6 is 7.60 Å². The van der Waals surface area contributed by atoms with Crippen molar-refractivity contribution in [2.45, 2.75) is 75.9 Å². The average Bonchev–Trinajstić information content (AvgIpc) is 2.95. The molecule has 29 heavy (non-hydrogen) atoms. The number of hydrogen-bond donors (Lipinski definition) is 5. The van der Waals surface area contributed by atoms with Crippen molar-refractivity contribution in [1.29, 1.82) is 0 Å². The second-order valence-electron chi connectivity index (χ2n) is 7.72. The largest absolute Gasteiger partial charge is 0.387 e. The number of nitrogens with zero attached hydrogens (tertiary/aromatic N) is 1. The molecule has 0 spiro atoms. The van der Waals surface area contributed by atoms with Crippen molar-refractivity contribution in [1.82, 2.24) is 9.55 Å². The number of nitrogens with one attached hydrogen (secondary N) is 1. The number of H-pyrrole nitrogens is 1. The van der Waals surface area contributed by atoms with Crippen LogP contribution in [0.25, 0.3) is 0 Å². The molecule has 1 fully saturated rings. The van der Waals surface area contributed by atoms with E-state index >= 15 is 0 Å². The van der Waals surface area contributed by atoms with E-state index < -0.39 is 54.2 Å². The van der Waals surface area contributed by atoms with Crippen molar-refractivity contribution in [3.8, 4) is 0 Å². The normalized spacial score (nSPS) is 31.1. The number of ether oxygens (including phenoxy) is 1. The predicted molar refractivity (Wildman–Crippen MR) is 102 cm³/mol. The first kappa shape index (κ1) is 23.9. The van der Waals surface area contributed by atoms with Gasteiger partial charge in [-0.05, 0) is 26.7 Å². The van der Waals surface area contributed by atoms with Gasteiger partial charge in [0.2, 0.25) is 0 Å². The van der Waals surface area contributed by atoms with Crippen LogP contribution in [0.5, 0.6) is 0 Å². The van der Waals surface area contributed by atoms with Gasteiger partial charge in [-0.1, -0.05) is 13.8 Å². The second kappa shape index (κ2) is 8.07. The Hall–Kier alpha value is -1.33. The summed E-state index contributed by atoms with van der Waals surface area (Å²) in [4.78, 5) is 36.6. The number of hydrogen-bond acceptors (Lipinski definition) is 8. The Morgan fingerprint density at radius 2 is 1.83 bits per heavy atom. The molecular formula is C17H29N2O9P. The van der Waals surface area contributed by atoms with Crippen LogP contribution in [-0.4, -0.2) is 59.0 Å². The molecule has 0 aliphatic carbocycles. The highest BCUT2D eigenvalue weighted by atomic mass is 31.2. The highest BCUT2D eigenvalue weighted by molar-refractivity contribution is 7.54. The molecule has 166 valence electrons. The molecule has 12 heteroatoms. The molecule has 1 saturated heterocycles. The number of rotatable bonds is 7. The van der Waals surface area contributed by atoms with Gasteiger partial charge in [-0.15, -0.1) is 0 Å². The quantitative estimate of drug-likeness (QED) is 0.361. The van der Waals surface area contributed by atoms with Crippen LogP contribution < -0.4 is 11.2 Å². The van der Waals surface area contributed by atoms with E-state index in [-0.39, 0.29) is 18.4 Å². The van der Waals surface area contributed by atoms with Gasteiger partial charge in [-0.25, -0.2) is 4.79 Å². The number of aromatic nitrogens is 2. The van der Waals surface area contributed by atoms with Crippen LogP contribution in [0.2, 0.25) is 0 Å². The van der Waals surface area contributed by atoms with Crippen molar-refractivity contribution in [3.05, 3.63) is 32.6 Å². The summed E-state index contributed by atoms with van der Waals surface area (Å²) in [5.74, 6) is 0. The van der Waals surface area contributed by atoms with Crippen LogP contribution in [0.3, 0.4) is 0 Å². The first-order chi connectivity index (χ1) is 13.2. The lowest BCUT2D eigenvalue weighted by Crippen LogP contribution is -2.49. The molecule has 0 amide bonds. The SMILES string of the molecule is CCC(C)(OP(=O)(O)C(C)(O)CC)C1O[C@@H](c2c[nH]c(=O)n(C)c2=O)[C@H](O)[C@@H]1O. The fourth-order valence-corrected chi connectivity index (χ4v) is 4.52. The third kappa shape index (κ3) is 4.13. The molecule has 2 heterocycles. The Kier molecular flexibility index (Phi) is 6.66. The van der Waals surface area contributed by atoms with Crippen LogP contribution in [0.4, 0.5) is 0 Å². The minimum Gasteiger partial charge on any atom is -0.387 e. The van der Waals surface area contributed by atoms with Gasteiger partial charge < -0.3 is 29.9 Å². The number of aliphatic hydroxyl groups is 3. The Bertz CT molecular complexity index is 911. The van der Waals surface area contributed by atoms with Gasteiger partial charge in [0.15, 0.2) is 5.34 Å². The predicted octanol–water partition coefficient (Wildman–Crippen LogP) is -0.275. The van der Waals surface area contributed by atoms with E-state index in [1.54, 1.807) is 6.92 Å². The van der Waals surface area contributed by atoms with E-state index in [0.717, 1.165) is 17.7 Å². The third-order valence-corrected chi connectivity index (χ3v) is 7.89. The topological polar surface area (TPSA) is 171 Å². The molecule has 1 aliphatic heterocycles. The first-order valence-electron chi connectivity index (χ1n) is 9.28. The minimum atomic E-state index is -4.58. The molecule has 0 saturated carbocycles. The fourth-order valence-electron chi connectivity index (χ4n) is 3.13. The third-order valence-electron chi connectivity index (χ3n) is 5.69. The van der Waals surface area contributed by atoms with Crippen molar-refractivity contribution in [2.75, 3.05) is 0 Å². The van der Waals surface area contributed by atoms with Crippen molar-refractivity contribution in [3.63, 3.8) is 0 Å². The number of aromatic amines is 1. The number of aliphatic hydroxyl groups excluding tert-OH is 2. The van der Waals surface area contributed by atoms with Gasteiger partial charge in [0.25, 0.3) is 5.56 Å². The van der Waals surface area contributed by atoms with Crippen molar-refractivity contribution < 1.29 is 34.0 Å². The van der Waals surface area contributed by atoms with Gasteiger partial charge >= 0.3 is 13.3 Å². The van der Waals surface area contributed by atoms with Crippen LogP contribution in [0.1, 0.15) is 52.2 Å². The van der Waals surface area contributed by atoms with E-state index in [0.29, 0.717) is 0 Å². The lowest BCUT2D eigenvalue weighted by atomic mass is 9.90. The summed E-state index contributed by atoms with van der Waals surface area (Å²) < 4.78 is 24.6. The summed E-state index contributed by atoms with van der Waals surface area (Å²) in [6, 6.07) is 0. The van der Waals surface area contributed by atoms with E-state index in [1.165, 1.54) is 20.9 Å². The molecule has 5 N–H and O–H groups in total. The molecule has 0 aromatic carbocycles. The second-order valence-corrected chi connectivity index (χ2v) is 9.91. The van der Waals surface area contributed by atoms with Crippen LogP contribution in [-0.2, 0) is 20.9 Å². The Morgan fingerprint density at radius 1 is 1.24 bits per heavy atom. The lowest BCUT2D eigenvalue weighted by molar-refractivity contribution is -0.116. The van der Waals surface area contributed by atoms with Gasteiger partial charge in [-0.3, -0.25) is 18.5 Å². The summed E-state index contributed by atoms with van der Waals surface area (Å²) in [5.41, 5.74) is -3.04. The zero-order valence-electron chi connectivity index (χ0n) is 17.0. The molecule has 0 bridgehead atoms.